The summed E-state index contributed by atoms with van der Waals surface area (Å²) in [5.41, 5.74) is 3.65. The lowest BCUT2D eigenvalue weighted by Gasteiger charge is -2.34. The van der Waals surface area contributed by atoms with E-state index in [0.717, 1.165) is 30.9 Å². The summed E-state index contributed by atoms with van der Waals surface area (Å²) in [6, 6.07) is 23.6. The smallest absolute Gasteiger partial charge is 0.233 e. The van der Waals surface area contributed by atoms with Crippen LogP contribution in [0.5, 0.6) is 0 Å². The van der Waals surface area contributed by atoms with Crippen molar-refractivity contribution in [2.75, 3.05) is 31.9 Å². The van der Waals surface area contributed by atoms with Crippen LogP contribution >= 0.6 is 11.8 Å². The second kappa shape index (κ2) is 11.2. The minimum absolute atomic E-state index is 0.101. The molecule has 0 atom stereocenters. The maximum atomic E-state index is 13.0. The number of nitriles is 1. The molecule has 180 valence electrons. The van der Waals surface area contributed by atoms with Gasteiger partial charge in [-0.1, -0.05) is 42.1 Å². The third-order valence-electron chi connectivity index (χ3n) is 6.11. The summed E-state index contributed by atoms with van der Waals surface area (Å²) < 4.78 is 1.98. The number of benzene rings is 2. The molecule has 1 amide bonds. The summed E-state index contributed by atoms with van der Waals surface area (Å²) in [5, 5.41) is 18.5. The molecule has 0 unspecified atom stereocenters. The van der Waals surface area contributed by atoms with Crippen LogP contribution in [-0.2, 0) is 11.3 Å². The average molecular weight is 496 g/mol. The topological polar surface area (TPSA) is 90.9 Å². The van der Waals surface area contributed by atoms with Gasteiger partial charge in [-0.2, -0.15) is 5.26 Å². The van der Waals surface area contributed by atoms with Crippen LogP contribution in [0.1, 0.15) is 11.1 Å². The van der Waals surface area contributed by atoms with Gasteiger partial charge in [-0.25, -0.2) is 0 Å². The van der Waals surface area contributed by atoms with Crippen molar-refractivity contribution in [1.82, 2.24) is 29.5 Å². The Kier molecular flexibility index (Phi) is 7.36. The Morgan fingerprint density at radius 3 is 2.42 bits per heavy atom. The van der Waals surface area contributed by atoms with Crippen LogP contribution in [0.3, 0.4) is 0 Å². The van der Waals surface area contributed by atoms with Gasteiger partial charge in [-0.05, 0) is 42.0 Å². The van der Waals surface area contributed by atoms with Crippen molar-refractivity contribution in [3.63, 3.8) is 0 Å². The molecule has 9 heteroatoms. The summed E-state index contributed by atoms with van der Waals surface area (Å²) in [5.74, 6) is 1.09. The van der Waals surface area contributed by atoms with Gasteiger partial charge in [0.15, 0.2) is 11.0 Å². The predicted octanol–water partition coefficient (Wildman–Crippen LogP) is 3.64. The highest BCUT2D eigenvalue weighted by Gasteiger charge is 2.23. The molecule has 0 N–H and O–H groups in total. The normalized spacial score (nSPS) is 13.9. The third kappa shape index (κ3) is 5.46. The molecule has 3 heterocycles. The zero-order chi connectivity index (χ0) is 24.7. The fourth-order valence-electron chi connectivity index (χ4n) is 4.17. The molecule has 5 rings (SSSR count). The van der Waals surface area contributed by atoms with Crippen molar-refractivity contribution < 1.29 is 4.79 Å². The number of amides is 1. The van der Waals surface area contributed by atoms with E-state index in [1.165, 1.54) is 17.3 Å². The largest absolute Gasteiger partial charge is 0.339 e. The molecule has 0 bridgehead atoms. The third-order valence-corrected chi connectivity index (χ3v) is 7.02. The molecule has 1 saturated heterocycles. The first-order valence-corrected chi connectivity index (χ1v) is 12.7. The standard InChI is InChI=1S/C27H25N7OS/c28-17-21-8-10-22(11-9-21)19-32-13-15-33(16-14-32)25(35)20-36-27-31-30-26(23-5-4-12-29-18-23)34(27)24-6-2-1-3-7-24/h1-12,18H,13-16,19-20H2. The molecule has 36 heavy (non-hydrogen) atoms. The monoisotopic (exact) mass is 495 g/mol. The maximum absolute atomic E-state index is 13.0. The first-order chi connectivity index (χ1) is 17.7. The number of rotatable bonds is 7. The predicted molar refractivity (Wildman–Crippen MR) is 138 cm³/mol. The van der Waals surface area contributed by atoms with E-state index in [4.69, 9.17) is 5.26 Å². The number of carbonyl (C=O) groups excluding carboxylic acids is 1. The zero-order valence-electron chi connectivity index (χ0n) is 19.7. The van der Waals surface area contributed by atoms with Gasteiger partial charge in [-0.15, -0.1) is 10.2 Å². The van der Waals surface area contributed by atoms with Gasteiger partial charge in [0.2, 0.25) is 5.91 Å². The zero-order valence-corrected chi connectivity index (χ0v) is 20.5. The maximum Gasteiger partial charge on any atom is 0.233 e. The number of aromatic nitrogens is 4. The van der Waals surface area contributed by atoms with Crippen LogP contribution < -0.4 is 0 Å². The number of thioether (sulfide) groups is 1. The molecule has 1 aliphatic rings. The van der Waals surface area contributed by atoms with Gasteiger partial charge in [0.25, 0.3) is 0 Å². The molecular formula is C27H25N7OS. The van der Waals surface area contributed by atoms with E-state index in [-0.39, 0.29) is 5.91 Å². The summed E-state index contributed by atoms with van der Waals surface area (Å²) in [4.78, 5) is 21.5. The van der Waals surface area contributed by atoms with Crippen LogP contribution in [0.25, 0.3) is 17.1 Å². The molecule has 4 aromatic rings. The molecule has 1 aliphatic heterocycles. The van der Waals surface area contributed by atoms with Crippen molar-refractivity contribution in [3.8, 4) is 23.1 Å². The lowest BCUT2D eigenvalue weighted by Crippen LogP contribution is -2.48. The highest BCUT2D eigenvalue weighted by Crippen LogP contribution is 2.27. The van der Waals surface area contributed by atoms with Crippen LogP contribution in [0, 0.1) is 11.3 Å². The van der Waals surface area contributed by atoms with Crippen molar-refractivity contribution in [2.24, 2.45) is 0 Å². The van der Waals surface area contributed by atoms with Crippen LogP contribution in [0.15, 0.2) is 84.3 Å². The van der Waals surface area contributed by atoms with Crippen LogP contribution in [-0.4, -0.2) is 67.4 Å². The number of para-hydroxylation sites is 1. The molecule has 1 fully saturated rings. The quantitative estimate of drug-likeness (QED) is 0.362. The Morgan fingerprint density at radius 2 is 1.72 bits per heavy atom. The minimum atomic E-state index is 0.101. The Labute approximate surface area is 214 Å². The number of piperazine rings is 1. The van der Waals surface area contributed by atoms with Crippen molar-refractivity contribution in [2.45, 2.75) is 11.7 Å². The van der Waals surface area contributed by atoms with Crippen LogP contribution in [0.2, 0.25) is 0 Å². The molecule has 0 saturated carbocycles. The molecule has 0 radical (unpaired) electrons. The summed E-state index contributed by atoms with van der Waals surface area (Å²) in [7, 11) is 0. The summed E-state index contributed by atoms with van der Waals surface area (Å²) in [6.45, 7) is 3.85. The van der Waals surface area contributed by atoms with Crippen molar-refractivity contribution in [3.05, 3.63) is 90.3 Å². The Bertz CT molecular complexity index is 1340. The highest BCUT2D eigenvalue weighted by molar-refractivity contribution is 7.99. The van der Waals surface area contributed by atoms with Crippen molar-refractivity contribution >= 4 is 17.7 Å². The van der Waals surface area contributed by atoms with E-state index < -0.39 is 0 Å². The van der Waals surface area contributed by atoms with Gasteiger partial charge >= 0.3 is 0 Å². The number of nitrogens with zero attached hydrogens (tertiary/aromatic N) is 7. The molecular weight excluding hydrogens is 470 g/mol. The van der Waals surface area contributed by atoms with E-state index in [9.17, 15) is 4.79 Å². The lowest BCUT2D eigenvalue weighted by atomic mass is 10.1. The van der Waals surface area contributed by atoms with Gasteiger partial charge in [-0.3, -0.25) is 19.2 Å². The average Bonchev–Trinajstić information content (AvgIpc) is 3.37. The second-order valence-electron chi connectivity index (χ2n) is 8.47. The molecule has 0 aliphatic carbocycles. The van der Waals surface area contributed by atoms with Gasteiger partial charge in [0.05, 0.1) is 17.4 Å². The molecule has 2 aromatic carbocycles. The van der Waals surface area contributed by atoms with E-state index in [0.29, 0.717) is 35.4 Å². The molecule has 2 aromatic heterocycles. The Hall–Kier alpha value is -4.00. The van der Waals surface area contributed by atoms with Gasteiger partial charge in [0.1, 0.15) is 0 Å². The Balaban J connectivity index is 1.21. The number of hydrogen-bond acceptors (Lipinski definition) is 7. The fourth-order valence-corrected chi connectivity index (χ4v) is 5.03. The molecule has 0 spiro atoms. The second-order valence-corrected chi connectivity index (χ2v) is 9.42. The SMILES string of the molecule is N#Cc1ccc(CN2CCN(C(=O)CSc3nnc(-c4cccnc4)n3-c3ccccc3)CC2)cc1. The lowest BCUT2D eigenvalue weighted by molar-refractivity contribution is -0.130. The van der Waals surface area contributed by atoms with Crippen molar-refractivity contribution in [1.29, 1.82) is 5.26 Å². The van der Waals surface area contributed by atoms with E-state index in [2.05, 4.69) is 26.2 Å². The fraction of sp³-hybridized carbons (Fsp3) is 0.222. The highest BCUT2D eigenvalue weighted by atomic mass is 32.2. The summed E-state index contributed by atoms with van der Waals surface area (Å²) in [6.07, 6.45) is 3.49. The van der Waals surface area contributed by atoms with Gasteiger partial charge < -0.3 is 4.90 Å². The number of hydrogen-bond donors (Lipinski definition) is 0. The molecule has 8 nitrogen and oxygen atoms in total. The number of pyridine rings is 1. The van der Waals surface area contributed by atoms with Crippen LogP contribution in [0.4, 0.5) is 0 Å². The first-order valence-electron chi connectivity index (χ1n) is 11.7. The minimum Gasteiger partial charge on any atom is -0.339 e. The van der Waals surface area contributed by atoms with E-state index in [1.54, 1.807) is 12.4 Å². The Morgan fingerprint density at radius 1 is 0.944 bits per heavy atom. The van der Waals surface area contributed by atoms with E-state index in [1.807, 2.05) is 76.2 Å². The van der Waals surface area contributed by atoms with Gasteiger partial charge in [0, 0.05) is 56.4 Å². The number of carbonyl (C=O) groups is 1. The first kappa shape index (κ1) is 23.7. The van der Waals surface area contributed by atoms with E-state index >= 15 is 0 Å². The summed E-state index contributed by atoms with van der Waals surface area (Å²) >= 11 is 1.40.